The van der Waals surface area contributed by atoms with Crippen LogP contribution in [0.1, 0.15) is 17.9 Å². The van der Waals surface area contributed by atoms with Crippen LogP contribution in [0.25, 0.3) is 11.4 Å². The van der Waals surface area contributed by atoms with E-state index >= 15 is 0 Å². The molecule has 0 aromatic carbocycles. The Bertz CT molecular complexity index is 561. The second kappa shape index (κ2) is 4.15. The highest BCUT2D eigenvalue weighted by Gasteiger charge is 2.38. The Hall–Kier alpha value is -1.79. The smallest absolute Gasteiger partial charge is 0.249 e. The van der Waals surface area contributed by atoms with E-state index in [1.807, 2.05) is 13.0 Å². The summed E-state index contributed by atoms with van der Waals surface area (Å²) in [6.07, 6.45) is 4.17. The molecular weight excluding hydrogens is 232 g/mol. The minimum atomic E-state index is -0.647. The Morgan fingerprint density at radius 1 is 1.44 bits per heavy atom. The van der Waals surface area contributed by atoms with Gasteiger partial charge in [0, 0.05) is 24.6 Å². The van der Waals surface area contributed by atoms with E-state index in [1.54, 1.807) is 12.4 Å². The first-order valence-electron chi connectivity index (χ1n) is 5.81. The maximum atomic E-state index is 6.18. The minimum Gasteiger partial charge on any atom is -0.379 e. The van der Waals surface area contributed by atoms with E-state index in [-0.39, 0.29) is 0 Å². The van der Waals surface area contributed by atoms with Crippen LogP contribution in [0.5, 0.6) is 0 Å². The van der Waals surface area contributed by atoms with Crippen LogP contribution in [0.4, 0.5) is 0 Å². The zero-order valence-corrected chi connectivity index (χ0v) is 10.1. The second-order valence-corrected chi connectivity index (χ2v) is 4.57. The van der Waals surface area contributed by atoms with Crippen molar-refractivity contribution >= 4 is 0 Å². The maximum absolute atomic E-state index is 6.18. The molecule has 1 unspecified atom stereocenters. The van der Waals surface area contributed by atoms with E-state index in [1.165, 1.54) is 0 Å². The zero-order chi connectivity index (χ0) is 12.6. The van der Waals surface area contributed by atoms with Gasteiger partial charge in [-0.05, 0) is 25.0 Å². The number of nitrogens with zero attached hydrogens (tertiary/aromatic N) is 3. The van der Waals surface area contributed by atoms with Crippen LogP contribution >= 0.6 is 0 Å². The molecule has 2 N–H and O–H groups in total. The van der Waals surface area contributed by atoms with Gasteiger partial charge in [0.25, 0.3) is 0 Å². The first-order valence-corrected chi connectivity index (χ1v) is 5.81. The SMILES string of the molecule is Cc1cnccc1-c1noc(C2(N)CCOC2)n1. The molecule has 6 heteroatoms. The van der Waals surface area contributed by atoms with Crippen molar-refractivity contribution in [3.63, 3.8) is 0 Å². The fourth-order valence-electron chi connectivity index (χ4n) is 2.01. The van der Waals surface area contributed by atoms with E-state index in [4.69, 9.17) is 15.0 Å². The molecule has 1 fully saturated rings. The number of pyridine rings is 1. The Morgan fingerprint density at radius 3 is 3.06 bits per heavy atom. The summed E-state index contributed by atoms with van der Waals surface area (Å²) < 4.78 is 10.6. The lowest BCUT2D eigenvalue weighted by Crippen LogP contribution is -2.37. The number of hydrogen-bond acceptors (Lipinski definition) is 6. The van der Waals surface area contributed by atoms with E-state index in [0.29, 0.717) is 31.3 Å². The third kappa shape index (κ3) is 1.79. The number of hydrogen-bond donors (Lipinski definition) is 1. The molecule has 3 heterocycles. The molecule has 18 heavy (non-hydrogen) atoms. The molecule has 0 bridgehead atoms. The van der Waals surface area contributed by atoms with Crippen molar-refractivity contribution in [3.8, 4) is 11.4 Å². The molecule has 3 rings (SSSR count). The summed E-state index contributed by atoms with van der Waals surface area (Å²) in [4.78, 5) is 8.42. The van der Waals surface area contributed by atoms with E-state index < -0.39 is 5.54 Å². The Morgan fingerprint density at radius 2 is 2.33 bits per heavy atom. The van der Waals surface area contributed by atoms with Crippen LogP contribution in [0.3, 0.4) is 0 Å². The first-order chi connectivity index (χ1) is 8.69. The fraction of sp³-hybridized carbons (Fsp3) is 0.417. The number of aromatic nitrogens is 3. The van der Waals surface area contributed by atoms with Gasteiger partial charge in [-0.1, -0.05) is 5.16 Å². The summed E-state index contributed by atoms with van der Waals surface area (Å²) in [5, 5.41) is 3.99. The molecule has 0 aliphatic carbocycles. The van der Waals surface area contributed by atoms with Crippen LogP contribution in [0, 0.1) is 6.92 Å². The number of aryl methyl sites for hydroxylation is 1. The van der Waals surface area contributed by atoms with E-state index in [2.05, 4.69) is 15.1 Å². The molecule has 1 saturated heterocycles. The molecule has 1 aliphatic heterocycles. The number of ether oxygens (including phenoxy) is 1. The molecule has 0 saturated carbocycles. The molecule has 0 radical (unpaired) electrons. The largest absolute Gasteiger partial charge is 0.379 e. The molecule has 1 aliphatic rings. The quantitative estimate of drug-likeness (QED) is 0.851. The molecule has 0 spiro atoms. The Labute approximate surface area is 104 Å². The standard InChI is InChI=1S/C12H14N4O2/c1-8-6-14-4-2-9(8)10-15-11(18-16-10)12(13)3-5-17-7-12/h2,4,6H,3,5,7,13H2,1H3. The molecule has 0 amide bonds. The average molecular weight is 246 g/mol. The van der Waals surface area contributed by atoms with Gasteiger partial charge in [-0.15, -0.1) is 0 Å². The molecule has 2 aromatic rings. The topological polar surface area (TPSA) is 87.1 Å². The van der Waals surface area contributed by atoms with Crippen molar-refractivity contribution in [1.82, 2.24) is 15.1 Å². The molecule has 6 nitrogen and oxygen atoms in total. The highest BCUT2D eigenvalue weighted by atomic mass is 16.5. The van der Waals surface area contributed by atoms with E-state index in [0.717, 1.165) is 11.1 Å². The summed E-state index contributed by atoms with van der Waals surface area (Å²) in [5.41, 5.74) is 7.43. The predicted molar refractivity (Wildman–Crippen MR) is 63.6 cm³/mol. The maximum Gasteiger partial charge on any atom is 0.249 e. The van der Waals surface area contributed by atoms with Crippen molar-refractivity contribution in [3.05, 3.63) is 29.9 Å². The molecular formula is C12H14N4O2. The van der Waals surface area contributed by atoms with Crippen molar-refractivity contribution in [2.75, 3.05) is 13.2 Å². The average Bonchev–Trinajstić information content (AvgIpc) is 2.99. The van der Waals surface area contributed by atoms with Gasteiger partial charge in [-0.3, -0.25) is 4.98 Å². The highest BCUT2D eigenvalue weighted by molar-refractivity contribution is 5.58. The summed E-state index contributed by atoms with van der Waals surface area (Å²) in [7, 11) is 0. The summed E-state index contributed by atoms with van der Waals surface area (Å²) >= 11 is 0. The third-order valence-corrected chi connectivity index (χ3v) is 3.17. The van der Waals surface area contributed by atoms with Gasteiger partial charge in [-0.25, -0.2) is 0 Å². The molecule has 94 valence electrons. The lowest BCUT2D eigenvalue weighted by molar-refractivity contribution is 0.166. The van der Waals surface area contributed by atoms with Gasteiger partial charge in [0.15, 0.2) is 0 Å². The summed E-state index contributed by atoms with van der Waals surface area (Å²) in [5.74, 6) is 0.979. The minimum absolute atomic E-state index is 0.421. The van der Waals surface area contributed by atoms with Crippen molar-refractivity contribution in [1.29, 1.82) is 0 Å². The number of rotatable bonds is 2. The molecule has 1 atom stereocenters. The second-order valence-electron chi connectivity index (χ2n) is 4.57. The van der Waals surface area contributed by atoms with Crippen molar-refractivity contribution in [2.24, 2.45) is 5.73 Å². The van der Waals surface area contributed by atoms with Crippen molar-refractivity contribution < 1.29 is 9.26 Å². The molecule has 2 aromatic heterocycles. The van der Waals surface area contributed by atoms with Gasteiger partial charge < -0.3 is 15.0 Å². The predicted octanol–water partition coefficient (Wildman–Crippen LogP) is 1.01. The van der Waals surface area contributed by atoms with Gasteiger partial charge in [0.2, 0.25) is 11.7 Å². The monoisotopic (exact) mass is 246 g/mol. The van der Waals surface area contributed by atoms with Crippen molar-refractivity contribution in [2.45, 2.75) is 18.9 Å². The van der Waals surface area contributed by atoms with Crippen LogP contribution in [0.15, 0.2) is 23.0 Å². The Kier molecular flexibility index (Phi) is 2.61. The number of nitrogens with two attached hydrogens (primary N) is 1. The van der Waals surface area contributed by atoms with Gasteiger partial charge in [0.1, 0.15) is 5.54 Å². The Balaban J connectivity index is 1.97. The lowest BCUT2D eigenvalue weighted by atomic mass is 10.0. The fourth-order valence-corrected chi connectivity index (χ4v) is 2.01. The van der Waals surface area contributed by atoms with Gasteiger partial charge in [0.05, 0.1) is 6.61 Å². The van der Waals surface area contributed by atoms with Gasteiger partial charge in [-0.2, -0.15) is 4.98 Å². The normalized spacial score (nSPS) is 23.4. The van der Waals surface area contributed by atoms with Crippen LogP contribution in [0.2, 0.25) is 0 Å². The summed E-state index contributed by atoms with van der Waals surface area (Å²) in [6, 6.07) is 1.86. The van der Waals surface area contributed by atoms with Crippen LogP contribution in [-0.4, -0.2) is 28.3 Å². The summed E-state index contributed by atoms with van der Waals surface area (Å²) in [6.45, 7) is 3.00. The van der Waals surface area contributed by atoms with Crippen LogP contribution in [-0.2, 0) is 10.3 Å². The van der Waals surface area contributed by atoms with E-state index in [9.17, 15) is 0 Å². The van der Waals surface area contributed by atoms with Gasteiger partial charge >= 0.3 is 0 Å². The van der Waals surface area contributed by atoms with Crippen LogP contribution < -0.4 is 5.73 Å². The zero-order valence-electron chi connectivity index (χ0n) is 10.1. The highest BCUT2D eigenvalue weighted by Crippen LogP contribution is 2.28. The lowest BCUT2D eigenvalue weighted by Gasteiger charge is -2.15. The third-order valence-electron chi connectivity index (χ3n) is 3.17. The first kappa shape index (κ1) is 11.3.